The molecule has 0 aliphatic carbocycles. The molecule has 100 valence electrons. The summed E-state index contributed by atoms with van der Waals surface area (Å²) in [5, 5.41) is 3.35. The number of nitrogens with one attached hydrogen (secondary N) is 1. The summed E-state index contributed by atoms with van der Waals surface area (Å²) in [6.45, 7) is 4.28. The van der Waals surface area contributed by atoms with Crippen molar-refractivity contribution in [2.24, 2.45) is 0 Å². The molecule has 0 atom stereocenters. The fourth-order valence-corrected chi connectivity index (χ4v) is 1.01. The van der Waals surface area contributed by atoms with Crippen molar-refractivity contribution in [3.63, 3.8) is 0 Å². The van der Waals surface area contributed by atoms with Crippen molar-refractivity contribution in [3.8, 4) is 0 Å². The highest BCUT2D eigenvalue weighted by atomic mass is 16.5. The van der Waals surface area contributed by atoms with Gasteiger partial charge in [-0.2, -0.15) is 0 Å². The first-order chi connectivity index (χ1) is 8.26. The monoisotopic (exact) mass is 241 g/mol. The van der Waals surface area contributed by atoms with E-state index in [9.17, 15) is 0 Å². The maximum absolute atomic E-state index is 4.25. The van der Waals surface area contributed by atoms with Crippen LogP contribution in [0.1, 0.15) is 18.9 Å². The van der Waals surface area contributed by atoms with E-state index < -0.39 is 0 Å². The lowest BCUT2D eigenvalue weighted by atomic mass is 10.2. The van der Waals surface area contributed by atoms with Crippen molar-refractivity contribution >= 4 is 0 Å². The van der Waals surface area contributed by atoms with Crippen LogP contribution in [0, 0.1) is 0 Å². The molecule has 1 rings (SSSR count). The Balaban J connectivity index is 0. The third kappa shape index (κ3) is 17.7. The number of methoxy groups -OCH3 is 2. The van der Waals surface area contributed by atoms with Gasteiger partial charge in [0, 0.05) is 35.0 Å². The summed E-state index contributed by atoms with van der Waals surface area (Å²) in [5.74, 6) is 0. The Bertz CT molecular complexity index is 213. The predicted molar refractivity (Wildman–Crippen MR) is 74.3 cm³/mol. The lowest BCUT2D eigenvalue weighted by molar-refractivity contribution is 0.277. The molecule has 0 saturated heterocycles. The van der Waals surface area contributed by atoms with Crippen LogP contribution in [0.2, 0.25) is 0 Å². The van der Waals surface area contributed by atoms with E-state index in [0.29, 0.717) is 0 Å². The van der Waals surface area contributed by atoms with Crippen LogP contribution in [-0.4, -0.2) is 35.0 Å². The molecule has 0 bridgehead atoms. The van der Waals surface area contributed by atoms with Crippen molar-refractivity contribution in [3.05, 3.63) is 35.9 Å². The maximum Gasteiger partial charge on any atom is 0.0351 e. The third-order valence-electron chi connectivity index (χ3n) is 1.60. The van der Waals surface area contributed by atoms with Gasteiger partial charge in [0.25, 0.3) is 0 Å². The van der Waals surface area contributed by atoms with Crippen molar-refractivity contribution in [2.45, 2.75) is 19.9 Å². The van der Waals surface area contributed by atoms with E-state index in [1.165, 1.54) is 12.0 Å². The topological polar surface area (TPSA) is 30.5 Å². The Kier molecular flexibility index (Phi) is 19.0. The maximum atomic E-state index is 4.25. The van der Waals surface area contributed by atoms with Gasteiger partial charge in [0.05, 0.1) is 0 Å². The second kappa shape index (κ2) is 17.5. The number of hydrogen-bond acceptors (Lipinski definition) is 3. The first-order valence-electron chi connectivity index (χ1n) is 5.81. The van der Waals surface area contributed by atoms with Gasteiger partial charge < -0.3 is 14.8 Å². The van der Waals surface area contributed by atoms with Crippen molar-refractivity contribution in [1.29, 1.82) is 0 Å². The molecule has 0 heterocycles. The Morgan fingerprint density at radius 1 is 0.941 bits per heavy atom. The largest absolute Gasteiger partial charge is 0.388 e. The van der Waals surface area contributed by atoms with Crippen LogP contribution in [0.4, 0.5) is 0 Å². The molecule has 0 unspecified atom stereocenters. The summed E-state index contributed by atoms with van der Waals surface area (Å²) in [6.07, 6.45) is 1.20. The molecule has 0 aliphatic heterocycles. The summed E-state index contributed by atoms with van der Waals surface area (Å²) in [4.78, 5) is 0. The minimum atomic E-state index is 0.995. The van der Waals surface area contributed by atoms with E-state index >= 15 is 0 Å². The van der Waals surface area contributed by atoms with E-state index in [-0.39, 0.29) is 0 Å². The lowest BCUT2D eigenvalue weighted by Gasteiger charge is -2.01. The lowest BCUT2D eigenvalue weighted by Crippen LogP contribution is -2.13. The van der Waals surface area contributed by atoms with Crippen LogP contribution in [0.5, 0.6) is 0 Å². The molecular formula is C14H27NO2. The van der Waals surface area contributed by atoms with Gasteiger partial charge in [0.1, 0.15) is 0 Å². The number of rotatable bonds is 4. The fraction of sp³-hybridized carbons (Fsp3) is 0.571. The zero-order valence-electron chi connectivity index (χ0n) is 11.8. The highest BCUT2D eigenvalue weighted by Crippen LogP contribution is 1.96. The number of benzene rings is 1. The molecule has 1 N–H and O–H groups in total. The van der Waals surface area contributed by atoms with Crippen LogP contribution >= 0.6 is 0 Å². The molecule has 0 radical (unpaired) electrons. The molecule has 0 aliphatic rings. The Hall–Kier alpha value is -0.900. The van der Waals surface area contributed by atoms with Gasteiger partial charge in [-0.1, -0.05) is 37.3 Å². The molecule has 0 amide bonds. The van der Waals surface area contributed by atoms with Gasteiger partial charge in [-0.15, -0.1) is 0 Å². The minimum Gasteiger partial charge on any atom is -0.388 e. The van der Waals surface area contributed by atoms with E-state index in [1.807, 2.05) is 6.07 Å². The van der Waals surface area contributed by atoms with Crippen LogP contribution in [-0.2, 0) is 16.0 Å². The zero-order chi connectivity index (χ0) is 13.4. The first kappa shape index (κ1) is 18.5. The van der Waals surface area contributed by atoms with Crippen LogP contribution in [0.15, 0.2) is 30.3 Å². The first-order valence-corrected chi connectivity index (χ1v) is 5.81. The molecule has 1 aromatic carbocycles. The quantitative estimate of drug-likeness (QED) is 0.822. The minimum absolute atomic E-state index is 0.995. The van der Waals surface area contributed by atoms with Gasteiger partial charge >= 0.3 is 0 Å². The van der Waals surface area contributed by atoms with Crippen molar-refractivity contribution in [2.75, 3.05) is 35.0 Å². The molecule has 1 aromatic rings. The highest BCUT2D eigenvalue weighted by molar-refractivity contribution is 5.14. The van der Waals surface area contributed by atoms with Crippen molar-refractivity contribution < 1.29 is 9.47 Å². The van der Waals surface area contributed by atoms with Gasteiger partial charge in [-0.05, 0) is 18.5 Å². The van der Waals surface area contributed by atoms with E-state index in [2.05, 4.69) is 46.0 Å². The van der Waals surface area contributed by atoms with Crippen LogP contribution < -0.4 is 5.32 Å². The predicted octanol–water partition coefficient (Wildman–Crippen LogP) is 2.71. The van der Waals surface area contributed by atoms with E-state index in [0.717, 1.165) is 13.1 Å². The van der Waals surface area contributed by atoms with Gasteiger partial charge in [0.2, 0.25) is 0 Å². The standard InChI is InChI=1S/C10H15N.2C2H6O/c1-2-8-11-9-10-6-4-3-5-7-10;2*1-3-2/h3-7,11H,2,8-9H2,1H3;2*1-2H3. The average Bonchev–Trinajstić information content (AvgIpc) is 2.33. The molecule has 17 heavy (non-hydrogen) atoms. The molecule has 3 nitrogen and oxygen atoms in total. The van der Waals surface area contributed by atoms with Crippen LogP contribution in [0.25, 0.3) is 0 Å². The number of hydrogen-bond donors (Lipinski definition) is 1. The number of ether oxygens (including phenoxy) is 2. The average molecular weight is 241 g/mol. The molecule has 0 spiro atoms. The van der Waals surface area contributed by atoms with Gasteiger partial charge in [0.15, 0.2) is 0 Å². The summed E-state index contributed by atoms with van der Waals surface area (Å²) >= 11 is 0. The van der Waals surface area contributed by atoms with Gasteiger partial charge in [-0.3, -0.25) is 0 Å². The molecule has 0 fully saturated rings. The Morgan fingerprint density at radius 3 is 1.82 bits per heavy atom. The van der Waals surface area contributed by atoms with Crippen LogP contribution in [0.3, 0.4) is 0 Å². The zero-order valence-corrected chi connectivity index (χ0v) is 11.8. The second-order valence-corrected chi connectivity index (χ2v) is 3.48. The molecular weight excluding hydrogens is 214 g/mol. The molecule has 0 aromatic heterocycles. The molecule has 0 saturated carbocycles. The normalized spacial score (nSPS) is 8.53. The Morgan fingerprint density at radius 2 is 1.41 bits per heavy atom. The summed E-state index contributed by atoms with van der Waals surface area (Å²) in [5.41, 5.74) is 1.36. The van der Waals surface area contributed by atoms with E-state index in [4.69, 9.17) is 0 Å². The fourth-order valence-electron chi connectivity index (χ4n) is 1.01. The van der Waals surface area contributed by atoms with Gasteiger partial charge in [-0.25, -0.2) is 0 Å². The van der Waals surface area contributed by atoms with E-state index in [1.54, 1.807) is 28.4 Å². The van der Waals surface area contributed by atoms with Crippen molar-refractivity contribution in [1.82, 2.24) is 5.32 Å². The SMILES string of the molecule is CCCNCc1ccccc1.COC.COC. The third-order valence-corrected chi connectivity index (χ3v) is 1.60. The molecule has 3 heteroatoms. The highest BCUT2D eigenvalue weighted by Gasteiger charge is 1.87. The smallest absolute Gasteiger partial charge is 0.0351 e. The summed E-state index contributed by atoms with van der Waals surface area (Å²) < 4.78 is 8.50. The summed E-state index contributed by atoms with van der Waals surface area (Å²) in [6, 6.07) is 10.5. The second-order valence-electron chi connectivity index (χ2n) is 3.48. The Labute approximate surface area is 106 Å². The summed E-state index contributed by atoms with van der Waals surface area (Å²) in [7, 11) is 6.50.